The minimum absolute atomic E-state index is 0.181. The van der Waals surface area contributed by atoms with Gasteiger partial charge in [-0.25, -0.2) is 0 Å². The highest BCUT2D eigenvalue weighted by Crippen LogP contribution is 2.20. The maximum atomic E-state index is 12.6. The lowest BCUT2D eigenvalue weighted by Crippen LogP contribution is -2.21. The molecule has 0 radical (unpaired) electrons. The number of nitrogens with zero attached hydrogens (tertiary/aromatic N) is 4. The monoisotopic (exact) mass is 414 g/mol. The smallest absolute Gasteiger partial charge is 0.273 e. The molecule has 0 fully saturated rings. The number of hydrogen-bond donors (Lipinski definition) is 2. The van der Waals surface area contributed by atoms with Crippen LogP contribution in [0.5, 0.6) is 0 Å². The van der Waals surface area contributed by atoms with Crippen molar-refractivity contribution < 1.29 is 9.59 Å². The number of benzene rings is 1. The average molecular weight is 415 g/mol. The average Bonchev–Trinajstić information content (AvgIpc) is 3.24. The van der Waals surface area contributed by atoms with Gasteiger partial charge in [0.1, 0.15) is 0 Å². The van der Waals surface area contributed by atoms with Crippen LogP contribution in [0.3, 0.4) is 0 Å². The van der Waals surface area contributed by atoms with Gasteiger partial charge in [0.2, 0.25) is 0 Å². The van der Waals surface area contributed by atoms with E-state index in [1.165, 1.54) is 7.05 Å². The first-order valence-corrected chi connectivity index (χ1v) is 9.61. The zero-order valence-electron chi connectivity index (χ0n) is 16.8. The third-order valence-electron chi connectivity index (χ3n) is 4.62. The van der Waals surface area contributed by atoms with Gasteiger partial charge in [0.15, 0.2) is 5.69 Å². The van der Waals surface area contributed by atoms with E-state index in [9.17, 15) is 9.59 Å². The van der Waals surface area contributed by atoms with Crippen molar-refractivity contribution in [3.8, 4) is 0 Å². The van der Waals surface area contributed by atoms with Crippen LogP contribution in [0.1, 0.15) is 44.7 Å². The van der Waals surface area contributed by atoms with Gasteiger partial charge in [-0.1, -0.05) is 23.7 Å². The predicted octanol–water partition coefficient (Wildman–Crippen LogP) is 3.03. The maximum absolute atomic E-state index is 12.6. The van der Waals surface area contributed by atoms with Gasteiger partial charge in [-0.2, -0.15) is 10.2 Å². The topological polar surface area (TPSA) is 93.8 Å². The van der Waals surface area contributed by atoms with E-state index < -0.39 is 0 Å². The first-order chi connectivity index (χ1) is 13.8. The van der Waals surface area contributed by atoms with Crippen LogP contribution in [-0.2, 0) is 13.1 Å². The summed E-state index contributed by atoms with van der Waals surface area (Å²) in [5.74, 6) is -0.669. The van der Waals surface area contributed by atoms with Crippen molar-refractivity contribution in [2.45, 2.75) is 33.9 Å². The zero-order valence-corrected chi connectivity index (χ0v) is 17.5. The highest BCUT2D eigenvalue weighted by atomic mass is 35.5. The molecular formula is C20H23ClN6O2. The Kier molecular flexibility index (Phi) is 6.03. The second-order valence-corrected chi connectivity index (χ2v) is 7.00. The third-order valence-corrected chi connectivity index (χ3v) is 5.16. The summed E-state index contributed by atoms with van der Waals surface area (Å²) in [7, 11) is 1.52. The molecular weight excluding hydrogens is 392 g/mol. The van der Waals surface area contributed by atoms with Crippen LogP contribution < -0.4 is 10.6 Å². The summed E-state index contributed by atoms with van der Waals surface area (Å²) in [6.07, 6.45) is 1.64. The molecule has 0 saturated heterocycles. The number of carbonyl (C=O) groups excluding carboxylic acids is 2. The molecule has 0 aliphatic heterocycles. The lowest BCUT2D eigenvalue weighted by atomic mass is 10.1. The normalized spacial score (nSPS) is 10.8. The summed E-state index contributed by atoms with van der Waals surface area (Å²) in [5.41, 5.74) is 3.72. The summed E-state index contributed by atoms with van der Waals surface area (Å²) < 4.78 is 3.43. The molecule has 29 heavy (non-hydrogen) atoms. The Bertz CT molecular complexity index is 1050. The van der Waals surface area contributed by atoms with Gasteiger partial charge < -0.3 is 10.6 Å². The number of carbonyl (C=O) groups is 2. The molecule has 0 unspecified atom stereocenters. The fraction of sp³-hybridized carbons (Fsp3) is 0.300. The van der Waals surface area contributed by atoms with Gasteiger partial charge in [-0.15, -0.1) is 0 Å². The number of nitrogens with one attached hydrogen (secondary N) is 2. The Balaban J connectivity index is 1.75. The Morgan fingerprint density at radius 2 is 1.79 bits per heavy atom. The van der Waals surface area contributed by atoms with E-state index >= 15 is 0 Å². The summed E-state index contributed by atoms with van der Waals surface area (Å²) in [5, 5.41) is 14.6. The van der Waals surface area contributed by atoms with E-state index in [1.807, 2.05) is 37.6 Å². The van der Waals surface area contributed by atoms with E-state index in [4.69, 9.17) is 11.6 Å². The van der Waals surface area contributed by atoms with Crippen LogP contribution in [0.2, 0.25) is 5.02 Å². The Morgan fingerprint density at radius 3 is 2.34 bits per heavy atom. The van der Waals surface area contributed by atoms with Crippen LogP contribution in [0.25, 0.3) is 0 Å². The fourth-order valence-electron chi connectivity index (χ4n) is 2.92. The summed E-state index contributed by atoms with van der Waals surface area (Å²) in [6.45, 7) is 6.84. The van der Waals surface area contributed by atoms with Crippen LogP contribution >= 0.6 is 11.6 Å². The fourth-order valence-corrected chi connectivity index (χ4v) is 3.05. The summed E-state index contributed by atoms with van der Waals surface area (Å²) in [6, 6.07) is 7.21. The van der Waals surface area contributed by atoms with Gasteiger partial charge in [-0.05, 0) is 38.5 Å². The van der Waals surface area contributed by atoms with Crippen molar-refractivity contribution in [1.82, 2.24) is 24.9 Å². The molecule has 3 rings (SSSR count). The number of amides is 2. The summed E-state index contributed by atoms with van der Waals surface area (Å²) >= 11 is 6.19. The zero-order chi connectivity index (χ0) is 21.1. The molecule has 2 heterocycles. The second-order valence-electron chi connectivity index (χ2n) is 6.62. The van der Waals surface area contributed by atoms with E-state index in [0.717, 1.165) is 17.0 Å². The highest BCUT2D eigenvalue weighted by Gasteiger charge is 2.18. The molecule has 152 valence electrons. The van der Waals surface area contributed by atoms with Crippen LogP contribution in [0, 0.1) is 13.8 Å². The van der Waals surface area contributed by atoms with Crippen molar-refractivity contribution in [1.29, 1.82) is 0 Å². The maximum Gasteiger partial charge on any atom is 0.273 e. The minimum Gasteiger partial charge on any atom is -0.354 e. The van der Waals surface area contributed by atoms with Crippen molar-refractivity contribution in [3.05, 3.63) is 63.7 Å². The number of hydrogen-bond acceptors (Lipinski definition) is 4. The van der Waals surface area contributed by atoms with Crippen molar-refractivity contribution in [2.75, 3.05) is 12.4 Å². The minimum atomic E-state index is -0.355. The van der Waals surface area contributed by atoms with E-state index in [0.29, 0.717) is 29.4 Å². The van der Waals surface area contributed by atoms with Crippen molar-refractivity contribution in [2.24, 2.45) is 0 Å². The third kappa shape index (κ3) is 4.32. The summed E-state index contributed by atoms with van der Waals surface area (Å²) in [4.78, 5) is 24.6. The number of aryl methyl sites for hydroxylation is 2. The molecule has 3 aromatic rings. The predicted molar refractivity (Wildman–Crippen MR) is 111 cm³/mol. The van der Waals surface area contributed by atoms with Crippen LogP contribution in [0.4, 0.5) is 5.69 Å². The van der Waals surface area contributed by atoms with Gasteiger partial charge in [0, 0.05) is 25.4 Å². The van der Waals surface area contributed by atoms with Gasteiger partial charge in [0.25, 0.3) is 11.8 Å². The Morgan fingerprint density at radius 1 is 1.10 bits per heavy atom. The quantitative estimate of drug-likeness (QED) is 0.648. The first kappa shape index (κ1) is 20.6. The molecule has 0 aliphatic carbocycles. The molecule has 0 bridgehead atoms. The number of rotatable bonds is 6. The molecule has 9 heteroatoms. The highest BCUT2D eigenvalue weighted by molar-refractivity contribution is 6.31. The first-order valence-electron chi connectivity index (χ1n) is 9.23. The molecule has 2 amide bonds. The lowest BCUT2D eigenvalue weighted by Gasteiger charge is -2.07. The van der Waals surface area contributed by atoms with Gasteiger partial charge in [0.05, 0.1) is 28.6 Å². The van der Waals surface area contributed by atoms with Crippen molar-refractivity contribution in [3.63, 3.8) is 0 Å². The largest absolute Gasteiger partial charge is 0.354 e. The number of halogens is 1. The SMILES string of the molecule is CCn1cc(NC(=O)c2ccc(Cn3nc(C)c(Cl)c3C)cc2)c(C(=O)NC)n1. The Labute approximate surface area is 173 Å². The Hall–Kier alpha value is -3.13. The second kappa shape index (κ2) is 8.48. The van der Waals surface area contributed by atoms with Gasteiger partial charge >= 0.3 is 0 Å². The van der Waals surface area contributed by atoms with E-state index in [2.05, 4.69) is 20.8 Å². The standard InChI is InChI=1S/C20H23ClN6O2/c1-5-26-11-16(18(25-26)20(29)22-4)23-19(28)15-8-6-14(7-9-15)10-27-13(3)17(21)12(2)24-27/h6-9,11H,5,10H2,1-4H3,(H,22,29)(H,23,28). The van der Waals surface area contributed by atoms with Gasteiger partial charge in [-0.3, -0.25) is 19.0 Å². The molecule has 0 saturated carbocycles. The number of aromatic nitrogens is 4. The molecule has 0 spiro atoms. The number of anilines is 1. The van der Waals surface area contributed by atoms with E-state index in [-0.39, 0.29) is 17.5 Å². The van der Waals surface area contributed by atoms with Crippen molar-refractivity contribution >= 4 is 29.1 Å². The molecule has 0 atom stereocenters. The van der Waals surface area contributed by atoms with Crippen LogP contribution in [-0.4, -0.2) is 38.4 Å². The van der Waals surface area contributed by atoms with Crippen LogP contribution in [0.15, 0.2) is 30.5 Å². The lowest BCUT2D eigenvalue weighted by molar-refractivity contribution is 0.0958. The van der Waals surface area contributed by atoms with E-state index in [1.54, 1.807) is 23.0 Å². The molecule has 1 aromatic carbocycles. The molecule has 2 aromatic heterocycles. The molecule has 8 nitrogen and oxygen atoms in total. The molecule has 2 N–H and O–H groups in total. The molecule has 0 aliphatic rings.